The molecule has 2 aliphatic carbocycles. The van der Waals surface area contributed by atoms with E-state index in [9.17, 15) is 4.79 Å². The van der Waals surface area contributed by atoms with Gasteiger partial charge in [-0.3, -0.25) is 9.48 Å². The number of H-pyrrole nitrogens is 1. The van der Waals surface area contributed by atoms with E-state index in [4.69, 9.17) is 4.98 Å². The molecular weight excluding hydrogens is 528 g/mol. The van der Waals surface area contributed by atoms with E-state index >= 15 is 0 Å². The zero-order valence-corrected chi connectivity index (χ0v) is 24.8. The number of nitrogens with one attached hydrogen (secondary N) is 2. The van der Waals surface area contributed by atoms with Crippen LogP contribution in [0.4, 0.5) is 0 Å². The van der Waals surface area contributed by atoms with Crippen LogP contribution in [0.3, 0.4) is 0 Å². The van der Waals surface area contributed by atoms with Crippen LogP contribution in [-0.4, -0.2) is 30.6 Å². The van der Waals surface area contributed by atoms with Crippen LogP contribution in [0, 0.1) is 6.92 Å². The number of carbonyl (C=O) groups excluding carboxylic acids is 1. The predicted molar refractivity (Wildman–Crippen MR) is 164 cm³/mol. The van der Waals surface area contributed by atoms with Crippen LogP contribution in [0.5, 0.6) is 0 Å². The molecule has 7 rings (SSSR count). The quantitative estimate of drug-likeness (QED) is 0.216. The largest absolute Gasteiger partial charge is 0.345 e. The molecule has 210 valence electrons. The van der Waals surface area contributed by atoms with Crippen molar-refractivity contribution in [3.63, 3.8) is 0 Å². The molecule has 1 aromatic carbocycles. The van der Waals surface area contributed by atoms with E-state index in [0.717, 1.165) is 82.8 Å². The van der Waals surface area contributed by atoms with Gasteiger partial charge in [0.2, 0.25) is 0 Å². The number of rotatable bonds is 5. The second-order valence-electron chi connectivity index (χ2n) is 11.8. The fourth-order valence-electron chi connectivity index (χ4n) is 6.38. The molecule has 0 saturated carbocycles. The number of nitrogens with zero attached hydrogens (tertiary/aromatic N) is 4. The zero-order valence-electron chi connectivity index (χ0n) is 24.0. The number of fused-ring (bicyclic) bond motifs is 3. The third-order valence-electron chi connectivity index (χ3n) is 8.63. The van der Waals surface area contributed by atoms with E-state index in [2.05, 4.69) is 64.7 Å². The first-order chi connectivity index (χ1) is 19.9. The summed E-state index contributed by atoms with van der Waals surface area (Å²) in [6, 6.07) is 11.2. The summed E-state index contributed by atoms with van der Waals surface area (Å²) in [7, 11) is 0. The molecule has 0 spiro atoms. The Balaban J connectivity index is 1.19. The van der Waals surface area contributed by atoms with E-state index in [0.29, 0.717) is 0 Å². The SMILES string of the molecule is Cc1nn(C(C)C)cc1-c1nc2c(-c3ccc4c(c3)CCCC[C@H]4NC(=O)c3cc4c(s3)CCCC4)ccnc2[nH]1. The lowest BCUT2D eigenvalue weighted by Gasteiger charge is -2.20. The number of aromatic amines is 1. The number of aromatic nitrogens is 5. The van der Waals surface area contributed by atoms with Crippen LogP contribution >= 0.6 is 11.3 Å². The first-order valence-electron chi connectivity index (χ1n) is 14.9. The van der Waals surface area contributed by atoms with Gasteiger partial charge in [0.15, 0.2) is 5.65 Å². The number of amides is 1. The fraction of sp³-hybridized carbons (Fsp3) is 0.394. The molecule has 5 aromatic rings. The first-order valence-corrected chi connectivity index (χ1v) is 15.7. The molecule has 0 unspecified atom stereocenters. The Labute approximate surface area is 244 Å². The number of pyridine rings is 1. The number of hydrogen-bond acceptors (Lipinski definition) is 5. The second kappa shape index (κ2) is 10.6. The molecule has 0 radical (unpaired) electrons. The summed E-state index contributed by atoms with van der Waals surface area (Å²) in [5, 5.41) is 8.07. The fourth-order valence-corrected chi connectivity index (χ4v) is 7.54. The summed E-state index contributed by atoms with van der Waals surface area (Å²) in [6.45, 7) is 6.26. The van der Waals surface area contributed by atoms with Gasteiger partial charge in [-0.25, -0.2) is 9.97 Å². The van der Waals surface area contributed by atoms with Crippen molar-refractivity contribution in [2.75, 3.05) is 0 Å². The minimum Gasteiger partial charge on any atom is -0.345 e. The number of aryl methyl sites for hydroxylation is 4. The molecule has 8 heteroatoms. The molecule has 0 bridgehead atoms. The molecule has 7 nitrogen and oxygen atoms in total. The standard InChI is InChI=1S/C33H36N6OS/c1-19(2)39-18-26(20(3)38-39)31-36-30-25(14-15-34-32(30)37-31)22-12-13-24-21(16-22)8-4-6-10-27(24)35-33(40)29-17-23-9-5-7-11-28(23)41-29/h12-19,27H,4-11H2,1-3H3,(H,35,40)(H,34,36,37)/t27-/m1/s1. The van der Waals surface area contributed by atoms with Gasteiger partial charge in [-0.15, -0.1) is 11.3 Å². The van der Waals surface area contributed by atoms with Crippen LogP contribution in [0.15, 0.2) is 42.7 Å². The molecular formula is C33H36N6OS. The number of carbonyl (C=O) groups is 1. The zero-order chi connectivity index (χ0) is 28.1. The van der Waals surface area contributed by atoms with Crippen molar-refractivity contribution in [1.29, 1.82) is 0 Å². The maximum atomic E-state index is 13.3. The molecule has 1 amide bonds. The van der Waals surface area contributed by atoms with Crippen molar-refractivity contribution >= 4 is 28.4 Å². The molecule has 4 heterocycles. The summed E-state index contributed by atoms with van der Waals surface area (Å²) in [5.74, 6) is 0.861. The summed E-state index contributed by atoms with van der Waals surface area (Å²) >= 11 is 1.69. The van der Waals surface area contributed by atoms with Crippen molar-refractivity contribution < 1.29 is 4.79 Å². The topological polar surface area (TPSA) is 88.5 Å². The lowest BCUT2D eigenvalue weighted by atomic mass is 9.94. The van der Waals surface area contributed by atoms with E-state index < -0.39 is 0 Å². The molecule has 0 aliphatic heterocycles. The van der Waals surface area contributed by atoms with Crippen molar-refractivity contribution in [2.45, 2.75) is 84.2 Å². The highest BCUT2D eigenvalue weighted by Gasteiger charge is 2.24. The molecule has 1 atom stereocenters. The molecule has 2 N–H and O–H groups in total. The molecule has 2 aliphatic rings. The van der Waals surface area contributed by atoms with Gasteiger partial charge in [-0.2, -0.15) is 5.10 Å². The Kier molecular flexibility index (Phi) is 6.73. The monoisotopic (exact) mass is 564 g/mol. The van der Waals surface area contributed by atoms with Crippen LogP contribution < -0.4 is 5.32 Å². The molecule has 41 heavy (non-hydrogen) atoms. The minimum atomic E-state index is 0.0306. The van der Waals surface area contributed by atoms with Gasteiger partial charge in [0, 0.05) is 28.9 Å². The lowest BCUT2D eigenvalue weighted by molar-refractivity contribution is 0.0938. The van der Waals surface area contributed by atoms with Crippen LogP contribution in [0.25, 0.3) is 33.7 Å². The van der Waals surface area contributed by atoms with Gasteiger partial charge in [0.1, 0.15) is 11.3 Å². The Bertz CT molecular complexity index is 1740. The Morgan fingerprint density at radius 1 is 1.05 bits per heavy atom. The van der Waals surface area contributed by atoms with Gasteiger partial charge >= 0.3 is 0 Å². The molecule has 4 aromatic heterocycles. The third-order valence-corrected chi connectivity index (χ3v) is 9.87. The van der Waals surface area contributed by atoms with E-state index in [1.54, 1.807) is 11.3 Å². The molecule has 0 fully saturated rings. The average Bonchev–Trinajstić information content (AvgIpc) is 3.67. The Morgan fingerprint density at radius 2 is 1.88 bits per heavy atom. The van der Waals surface area contributed by atoms with Crippen molar-refractivity contribution in [1.82, 2.24) is 30.0 Å². The number of imidazole rings is 1. The number of thiophene rings is 1. The Hall–Kier alpha value is -3.78. The lowest BCUT2D eigenvalue weighted by Crippen LogP contribution is -2.28. The maximum absolute atomic E-state index is 13.3. The number of hydrogen-bond donors (Lipinski definition) is 2. The highest BCUT2D eigenvalue weighted by Crippen LogP contribution is 2.36. The summed E-state index contributed by atoms with van der Waals surface area (Å²) in [5.41, 5.74) is 9.69. The minimum absolute atomic E-state index is 0.0306. The van der Waals surface area contributed by atoms with E-state index in [1.165, 1.54) is 34.4 Å². The van der Waals surface area contributed by atoms with Gasteiger partial charge in [0.05, 0.1) is 22.2 Å². The van der Waals surface area contributed by atoms with Gasteiger partial charge in [0.25, 0.3) is 5.91 Å². The number of benzene rings is 1. The van der Waals surface area contributed by atoms with Gasteiger partial charge < -0.3 is 10.3 Å². The van der Waals surface area contributed by atoms with Crippen molar-refractivity contribution in [3.05, 3.63) is 74.9 Å². The van der Waals surface area contributed by atoms with Crippen LogP contribution in [0.1, 0.15) is 95.0 Å². The summed E-state index contributed by atoms with van der Waals surface area (Å²) in [4.78, 5) is 28.6. The smallest absolute Gasteiger partial charge is 0.261 e. The van der Waals surface area contributed by atoms with Crippen LogP contribution in [0.2, 0.25) is 0 Å². The maximum Gasteiger partial charge on any atom is 0.261 e. The average molecular weight is 565 g/mol. The van der Waals surface area contributed by atoms with Gasteiger partial charge in [-0.05, 0) is 100 Å². The predicted octanol–water partition coefficient (Wildman–Crippen LogP) is 7.52. The normalized spacial score (nSPS) is 16.9. The molecule has 0 saturated heterocycles. The highest BCUT2D eigenvalue weighted by atomic mass is 32.1. The highest BCUT2D eigenvalue weighted by molar-refractivity contribution is 7.14. The van der Waals surface area contributed by atoms with Gasteiger partial charge in [-0.1, -0.05) is 24.6 Å². The Morgan fingerprint density at radius 3 is 2.71 bits per heavy atom. The summed E-state index contributed by atoms with van der Waals surface area (Å²) in [6.07, 6.45) is 12.8. The summed E-state index contributed by atoms with van der Waals surface area (Å²) < 4.78 is 1.97. The van der Waals surface area contributed by atoms with Crippen LogP contribution in [-0.2, 0) is 19.3 Å². The van der Waals surface area contributed by atoms with E-state index in [-0.39, 0.29) is 18.0 Å². The van der Waals surface area contributed by atoms with Crippen molar-refractivity contribution in [2.24, 2.45) is 0 Å². The third kappa shape index (κ3) is 4.88. The van der Waals surface area contributed by atoms with Crippen molar-refractivity contribution in [3.8, 4) is 22.5 Å². The first kappa shape index (κ1) is 26.1. The second-order valence-corrected chi connectivity index (χ2v) is 12.9. The van der Waals surface area contributed by atoms with E-state index in [1.807, 2.05) is 23.9 Å².